The zero-order valence-electron chi connectivity index (χ0n) is 11.7. The minimum Gasteiger partial charge on any atom is -0.485 e. The highest BCUT2D eigenvalue weighted by atomic mass is 32.1. The van der Waals surface area contributed by atoms with E-state index in [1.165, 1.54) is 6.92 Å². The van der Waals surface area contributed by atoms with E-state index >= 15 is 0 Å². The Hall–Kier alpha value is -1.94. The molecule has 1 aromatic carbocycles. The molecule has 0 spiro atoms. The van der Waals surface area contributed by atoms with Gasteiger partial charge in [-0.2, -0.15) is 0 Å². The van der Waals surface area contributed by atoms with Crippen LogP contribution in [0.1, 0.15) is 37.4 Å². The number of hydrogen-bond donors (Lipinski definition) is 0. The Kier molecular flexibility index (Phi) is 4.35. The van der Waals surface area contributed by atoms with E-state index in [1.54, 1.807) is 35.6 Å². The van der Waals surface area contributed by atoms with Gasteiger partial charge in [-0.1, -0.05) is 0 Å². The summed E-state index contributed by atoms with van der Waals surface area (Å²) >= 11 is 1.61. The molecule has 0 N–H and O–H groups in total. The second-order valence-electron chi connectivity index (χ2n) is 4.62. The van der Waals surface area contributed by atoms with Gasteiger partial charge in [-0.25, -0.2) is 0 Å². The monoisotopic (exact) mass is 288 g/mol. The molecule has 0 saturated heterocycles. The molecule has 0 atom stereocenters. The Labute approximate surface area is 122 Å². The average Bonchev–Trinajstić information content (AvgIpc) is 2.75. The van der Waals surface area contributed by atoms with E-state index in [4.69, 9.17) is 4.74 Å². The fourth-order valence-electron chi connectivity index (χ4n) is 1.92. The molecule has 0 fully saturated rings. The molecular formula is C16H16O3S. The lowest BCUT2D eigenvalue weighted by Crippen LogP contribution is -2.11. The SMILES string of the molecule is CC(=O)c1ccc(OCC(=O)c2cc(C)sc2C)cc1. The summed E-state index contributed by atoms with van der Waals surface area (Å²) in [7, 11) is 0. The van der Waals surface area contributed by atoms with E-state index in [0.29, 0.717) is 11.3 Å². The van der Waals surface area contributed by atoms with Crippen molar-refractivity contribution in [2.75, 3.05) is 6.61 Å². The van der Waals surface area contributed by atoms with E-state index in [-0.39, 0.29) is 18.2 Å². The second-order valence-corrected chi connectivity index (χ2v) is 6.08. The second kappa shape index (κ2) is 6.01. The Morgan fingerprint density at radius 2 is 1.80 bits per heavy atom. The molecule has 0 amide bonds. The first-order valence-corrected chi connectivity index (χ1v) is 7.13. The van der Waals surface area contributed by atoms with Gasteiger partial charge in [0, 0.05) is 20.9 Å². The minimum absolute atomic E-state index is 0.0103. The van der Waals surface area contributed by atoms with Gasteiger partial charge in [-0.15, -0.1) is 11.3 Å². The molecule has 3 nitrogen and oxygen atoms in total. The van der Waals surface area contributed by atoms with Crippen LogP contribution in [0, 0.1) is 13.8 Å². The smallest absolute Gasteiger partial charge is 0.201 e. The van der Waals surface area contributed by atoms with Gasteiger partial charge in [-0.05, 0) is 51.1 Å². The van der Waals surface area contributed by atoms with E-state index in [2.05, 4.69) is 0 Å². The van der Waals surface area contributed by atoms with Crippen molar-refractivity contribution in [3.8, 4) is 5.75 Å². The van der Waals surface area contributed by atoms with Gasteiger partial charge in [0.25, 0.3) is 0 Å². The summed E-state index contributed by atoms with van der Waals surface area (Å²) < 4.78 is 5.46. The largest absolute Gasteiger partial charge is 0.485 e. The molecule has 20 heavy (non-hydrogen) atoms. The summed E-state index contributed by atoms with van der Waals surface area (Å²) in [5, 5.41) is 0. The third-order valence-electron chi connectivity index (χ3n) is 2.97. The summed E-state index contributed by atoms with van der Waals surface area (Å²) in [5.74, 6) is 0.576. The first kappa shape index (κ1) is 14.5. The minimum atomic E-state index is -0.0255. The zero-order chi connectivity index (χ0) is 14.7. The molecule has 0 aliphatic rings. The van der Waals surface area contributed by atoms with Gasteiger partial charge >= 0.3 is 0 Å². The summed E-state index contributed by atoms with van der Waals surface area (Å²) in [4.78, 5) is 25.3. The zero-order valence-corrected chi connectivity index (χ0v) is 12.5. The molecule has 0 aliphatic heterocycles. The molecule has 104 valence electrons. The van der Waals surface area contributed by atoms with Crippen LogP contribution in [-0.4, -0.2) is 18.2 Å². The van der Waals surface area contributed by atoms with Crippen LogP contribution in [0.3, 0.4) is 0 Å². The third-order valence-corrected chi connectivity index (χ3v) is 3.94. The highest BCUT2D eigenvalue weighted by Gasteiger charge is 2.12. The highest BCUT2D eigenvalue weighted by molar-refractivity contribution is 7.12. The van der Waals surface area contributed by atoms with Crippen LogP contribution in [0.25, 0.3) is 0 Å². The Bertz CT molecular complexity index is 638. The van der Waals surface area contributed by atoms with Gasteiger partial charge in [0.15, 0.2) is 12.4 Å². The van der Waals surface area contributed by atoms with Gasteiger partial charge in [0.1, 0.15) is 5.75 Å². The third kappa shape index (κ3) is 3.33. The Balaban J connectivity index is 2.00. The molecular weight excluding hydrogens is 272 g/mol. The first-order valence-electron chi connectivity index (χ1n) is 6.31. The van der Waals surface area contributed by atoms with Crippen LogP contribution >= 0.6 is 11.3 Å². The van der Waals surface area contributed by atoms with Gasteiger partial charge in [-0.3, -0.25) is 9.59 Å². The van der Waals surface area contributed by atoms with Crippen LogP contribution in [-0.2, 0) is 0 Å². The molecule has 0 saturated carbocycles. The van der Waals surface area contributed by atoms with E-state index < -0.39 is 0 Å². The highest BCUT2D eigenvalue weighted by Crippen LogP contribution is 2.21. The van der Waals surface area contributed by atoms with Gasteiger partial charge in [0.05, 0.1) is 0 Å². The number of ketones is 2. The number of thiophene rings is 1. The maximum atomic E-state index is 12.1. The van der Waals surface area contributed by atoms with Gasteiger partial charge < -0.3 is 4.74 Å². The quantitative estimate of drug-likeness (QED) is 0.785. The fourth-order valence-corrected chi connectivity index (χ4v) is 2.86. The molecule has 0 radical (unpaired) electrons. The van der Waals surface area contributed by atoms with Crippen molar-refractivity contribution in [1.82, 2.24) is 0 Å². The summed E-state index contributed by atoms with van der Waals surface area (Å²) in [6.45, 7) is 5.44. The normalized spacial score (nSPS) is 10.3. The maximum absolute atomic E-state index is 12.1. The van der Waals surface area contributed by atoms with Crippen LogP contribution in [0.4, 0.5) is 0 Å². The molecule has 2 rings (SSSR count). The lowest BCUT2D eigenvalue weighted by molar-refractivity contribution is 0.0920. The maximum Gasteiger partial charge on any atom is 0.201 e. The fraction of sp³-hybridized carbons (Fsp3) is 0.250. The van der Waals surface area contributed by atoms with Crippen molar-refractivity contribution >= 4 is 22.9 Å². The summed E-state index contributed by atoms with van der Waals surface area (Å²) in [5.41, 5.74) is 1.36. The van der Waals surface area contributed by atoms with Crippen LogP contribution < -0.4 is 4.74 Å². The van der Waals surface area contributed by atoms with E-state index in [1.807, 2.05) is 19.9 Å². The number of aryl methyl sites for hydroxylation is 2. The molecule has 1 heterocycles. The number of carbonyl (C=O) groups excluding carboxylic acids is 2. The number of ether oxygens (including phenoxy) is 1. The van der Waals surface area contributed by atoms with Crippen LogP contribution in [0.15, 0.2) is 30.3 Å². The van der Waals surface area contributed by atoms with E-state index in [9.17, 15) is 9.59 Å². The van der Waals surface area contributed by atoms with Crippen molar-refractivity contribution < 1.29 is 14.3 Å². The van der Waals surface area contributed by atoms with Crippen molar-refractivity contribution in [2.24, 2.45) is 0 Å². The molecule has 0 bridgehead atoms. The molecule has 0 unspecified atom stereocenters. The summed E-state index contributed by atoms with van der Waals surface area (Å²) in [6.07, 6.45) is 0. The molecule has 0 aliphatic carbocycles. The van der Waals surface area contributed by atoms with Gasteiger partial charge in [0.2, 0.25) is 5.78 Å². The molecule has 1 aromatic heterocycles. The number of benzene rings is 1. The number of rotatable bonds is 5. The number of carbonyl (C=O) groups is 2. The van der Waals surface area contributed by atoms with Crippen molar-refractivity contribution in [1.29, 1.82) is 0 Å². The standard InChI is InChI=1S/C16H16O3S/c1-10-8-15(12(3)20-10)16(18)9-19-14-6-4-13(5-7-14)11(2)17/h4-8H,9H2,1-3H3. The Morgan fingerprint density at radius 3 is 2.30 bits per heavy atom. The van der Waals surface area contributed by atoms with Crippen molar-refractivity contribution in [3.63, 3.8) is 0 Å². The van der Waals surface area contributed by atoms with Crippen LogP contribution in [0.5, 0.6) is 5.75 Å². The predicted octanol–water partition coefficient (Wildman–Crippen LogP) is 3.83. The topological polar surface area (TPSA) is 43.4 Å². The van der Waals surface area contributed by atoms with Crippen molar-refractivity contribution in [2.45, 2.75) is 20.8 Å². The summed E-state index contributed by atoms with van der Waals surface area (Å²) in [6, 6.07) is 8.69. The number of Topliss-reactive ketones (excluding diaryl/α,β-unsaturated/α-hetero) is 2. The predicted molar refractivity (Wildman–Crippen MR) is 80.1 cm³/mol. The average molecular weight is 288 g/mol. The van der Waals surface area contributed by atoms with E-state index in [0.717, 1.165) is 15.3 Å². The molecule has 4 heteroatoms. The first-order chi connectivity index (χ1) is 9.47. The lowest BCUT2D eigenvalue weighted by atomic mass is 10.1. The lowest BCUT2D eigenvalue weighted by Gasteiger charge is -2.05. The van der Waals surface area contributed by atoms with Crippen molar-refractivity contribution in [3.05, 3.63) is 51.2 Å². The Morgan fingerprint density at radius 1 is 1.15 bits per heavy atom. The molecule has 2 aromatic rings. The van der Waals surface area contributed by atoms with Crippen LogP contribution in [0.2, 0.25) is 0 Å². The number of hydrogen-bond acceptors (Lipinski definition) is 4.